The van der Waals surface area contributed by atoms with Crippen LogP contribution in [0.1, 0.15) is 119 Å². The average Bonchev–Trinajstić information content (AvgIpc) is 3.01. The van der Waals surface area contributed by atoms with Gasteiger partial charge in [0.1, 0.15) is 0 Å². The van der Waals surface area contributed by atoms with Crippen LogP contribution in [0.2, 0.25) is 0 Å². The summed E-state index contributed by atoms with van der Waals surface area (Å²) in [5, 5.41) is 6.53. The highest BCUT2D eigenvalue weighted by atomic mass is 16.6. The highest BCUT2D eigenvalue weighted by Gasteiger charge is 2.38. The van der Waals surface area contributed by atoms with Crippen molar-refractivity contribution in [3.05, 3.63) is 70.8 Å². The number of nitrogens with zero attached hydrogens (tertiary/aromatic N) is 1. The molecule has 0 spiro atoms. The predicted molar refractivity (Wildman–Crippen MR) is 169 cm³/mol. The van der Waals surface area contributed by atoms with Crippen LogP contribution in [0.4, 0.5) is 0 Å². The van der Waals surface area contributed by atoms with E-state index in [1.54, 1.807) is 17.0 Å². The molecule has 2 heterocycles. The maximum absolute atomic E-state index is 14.2. The van der Waals surface area contributed by atoms with Gasteiger partial charge in [-0.2, -0.15) is 0 Å². The second kappa shape index (κ2) is 10.7. The van der Waals surface area contributed by atoms with Crippen LogP contribution in [-0.4, -0.2) is 34.7 Å². The van der Waals surface area contributed by atoms with Gasteiger partial charge in [-0.15, -0.1) is 0 Å². The molecule has 0 N–H and O–H groups in total. The van der Waals surface area contributed by atoms with Crippen LogP contribution in [0.25, 0.3) is 43.1 Å². The zero-order chi connectivity index (χ0) is 29.8. The van der Waals surface area contributed by atoms with Crippen molar-refractivity contribution in [2.75, 3.05) is 0 Å². The molecule has 2 amide bonds. The Morgan fingerprint density at radius 3 is 1.33 bits per heavy atom. The fraction of sp³-hybridized carbons (Fsp3) is 0.351. The van der Waals surface area contributed by atoms with Crippen molar-refractivity contribution in [2.24, 2.45) is 0 Å². The molecule has 218 valence electrons. The molecule has 0 radical (unpaired) electrons. The predicted octanol–water partition coefficient (Wildman–Crippen LogP) is 8.95. The number of hydrogen-bond donors (Lipinski definition) is 0. The van der Waals surface area contributed by atoms with Gasteiger partial charge in [-0.05, 0) is 69.4 Å². The Hall–Kier alpha value is -4.32. The first-order valence-corrected chi connectivity index (χ1v) is 15.8. The van der Waals surface area contributed by atoms with Gasteiger partial charge in [0.15, 0.2) is 0 Å². The normalized spacial score (nSPS) is 14.8. The molecule has 0 saturated heterocycles. The number of ether oxygens (including phenoxy) is 1. The zero-order valence-electron chi connectivity index (χ0n) is 24.8. The van der Waals surface area contributed by atoms with Crippen molar-refractivity contribution in [1.82, 2.24) is 4.90 Å². The molecular weight excluding hydrogens is 538 g/mol. The standard InChI is InChI=1S/C37H35NO5/c1-3-5-7-9-11-21(12-10-8-6-4-2)38-34(39)26-17-13-22-24-15-19-28-33-29(37(42)43-36(28)41)20-16-25(31(24)33)23-14-18-27(35(38)40)32(26)30(22)23/h13-21H,3-12H2,1-2H3. The number of rotatable bonds is 11. The fourth-order valence-electron chi connectivity index (χ4n) is 7.48. The van der Waals surface area contributed by atoms with Gasteiger partial charge in [0.05, 0.1) is 11.1 Å². The molecule has 7 rings (SSSR count). The summed E-state index contributed by atoms with van der Waals surface area (Å²) in [5.74, 6) is -1.71. The molecule has 0 aromatic heterocycles. The van der Waals surface area contributed by atoms with Crippen molar-refractivity contribution in [3.8, 4) is 0 Å². The Kier molecular flexibility index (Phi) is 6.88. The minimum Gasteiger partial charge on any atom is -0.386 e. The lowest BCUT2D eigenvalue weighted by molar-refractivity contribution is 0.0389. The zero-order valence-corrected chi connectivity index (χ0v) is 24.8. The second-order valence-electron chi connectivity index (χ2n) is 12.2. The molecule has 2 aliphatic rings. The summed E-state index contributed by atoms with van der Waals surface area (Å²) in [6, 6.07) is 14.7. The summed E-state index contributed by atoms with van der Waals surface area (Å²) in [6.07, 6.45) is 10.5. The number of carbonyl (C=O) groups is 4. The van der Waals surface area contributed by atoms with Crippen LogP contribution in [-0.2, 0) is 4.74 Å². The fourth-order valence-corrected chi connectivity index (χ4v) is 7.48. The van der Waals surface area contributed by atoms with E-state index in [-0.39, 0.29) is 17.9 Å². The number of imide groups is 1. The lowest BCUT2D eigenvalue weighted by Crippen LogP contribution is -2.47. The van der Waals surface area contributed by atoms with Crippen LogP contribution in [0.3, 0.4) is 0 Å². The number of fused-ring (bicyclic) bond motifs is 2. The van der Waals surface area contributed by atoms with E-state index in [2.05, 4.69) is 13.8 Å². The number of esters is 2. The second-order valence-corrected chi connectivity index (χ2v) is 12.2. The molecule has 43 heavy (non-hydrogen) atoms. The first-order chi connectivity index (χ1) is 21.0. The lowest BCUT2D eigenvalue weighted by atomic mass is 9.82. The molecule has 0 unspecified atom stereocenters. The van der Waals surface area contributed by atoms with Gasteiger partial charge >= 0.3 is 11.9 Å². The molecule has 6 nitrogen and oxygen atoms in total. The number of unbranched alkanes of at least 4 members (excludes halogenated alkanes) is 6. The maximum atomic E-state index is 14.2. The van der Waals surface area contributed by atoms with E-state index in [1.807, 2.05) is 36.4 Å². The Morgan fingerprint density at radius 1 is 0.512 bits per heavy atom. The average molecular weight is 574 g/mol. The summed E-state index contributed by atoms with van der Waals surface area (Å²) >= 11 is 0. The van der Waals surface area contributed by atoms with Crippen molar-refractivity contribution in [3.63, 3.8) is 0 Å². The van der Waals surface area contributed by atoms with Crippen molar-refractivity contribution in [2.45, 2.75) is 84.1 Å². The summed E-state index contributed by atoms with van der Waals surface area (Å²) in [5.41, 5.74) is 1.87. The quantitative estimate of drug-likeness (QED) is 0.0393. The van der Waals surface area contributed by atoms with Crippen LogP contribution in [0, 0.1) is 0 Å². The molecule has 2 aliphatic heterocycles. The molecule has 0 fully saturated rings. The van der Waals surface area contributed by atoms with Gasteiger partial charge in [-0.1, -0.05) is 89.5 Å². The van der Waals surface area contributed by atoms with E-state index in [0.29, 0.717) is 33.0 Å². The molecule has 0 atom stereocenters. The third kappa shape index (κ3) is 4.14. The first kappa shape index (κ1) is 27.5. The van der Waals surface area contributed by atoms with E-state index in [4.69, 9.17) is 4.74 Å². The summed E-state index contributed by atoms with van der Waals surface area (Å²) in [7, 11) is 0. The number of benzene rings is 5. The Labute approximate surface area is 250 Å². The molecule has 0 aliphatic carbocycles. The van der Waals surface area contributed by atoms with E-state index in [9.17, 15) is 19.2 Å². The van der Waals surface area contributed by atoms with Gasteiger partial charge in [0.2, 0.25) is 0 Å². The Balaban J connectivity index is 1.39. The van der Waals surface area contributed by atoms with Gasteiger partial charge in [0, 0.05) is 27.9 Å². The summed E-state index contributed by atoms with van der Waals surface area (Å²) < 4.78 is 4.98. The number of amides is 2. The van der Waals surface area contributed by atoms with Crippen LogP contribution in [0.15, 0.2) is 48.5 Å². The molecular formula is C37H35NO5. The van der Waals surface area contributed by atoms with Crippen molar-refractivity contribution in [1.29, 1.82) is 0 Å². The van der Waals surface area contributed by atoms with Crippen molar-refractivity contribution >= 4 is 66.8 Å². The molecule has 6 heteroatoms. The van der Waals surface area contributed by atoms with Gasteiger partial charge in [0.25, 0.3) is 11.8 Å². The summed E-state index contributed by atoms with van der Waals surface area (Å²) in [4.78, 5) is 55.2. The minimum atomic E-state index is -0.646. The molecule has 5 aromatic rings. The van der Waals surface area contributed by atoms with E-state index in [1.165, 1.54) is 0 Å². The number of carbonyl (C=O) groups excluding carboxylic acids is 4. The largest absolute Gasteiger partial charge is 0.386 e. The maximum Gasteiger partial charge on any atom is 0.346 e. The summed E-state index contributed by atoms with van der Waals surface area (Å²) in [6.45, 7) is 4.38. The van der Waals surface area contributed by atoms with Crippen LogP contribution >= 0.6 is 0 Å². The third-order valence-corrected chi connectivity index (χ3v) is 9.57. The van der Waals surface area contributed by atoms with Crippen molar-refractivity contribution < 1.29 is 23.9 Å². The Morgan fingerprint density at radius 2 is 0.907 bits per heavy atom. The van der Waals surface area contributed by atoms with Gasteiger partial charge < -0.3 is 4.74 Å². The van der Waals surface area contributed by atoms with Crippen LogP contribution in [0.5, 0.6) is 0 Å². The smallest absolute Gasteiger partial charge is 0.346 e. The lowest BCUT2D eigenvalue weighted by Gasteiger charge is -2.35. The minimum absolute atomic E-state index is 0.113. The topological polar surface area (TPSA) is 80.8 Å². The van der Waals surface area contributed by atoms with Crippen LogP contribution < -0.4 is 0 Å². The number of hydrogen-bond acceptors (Lipinski definition) is 5. The van der Waals surface area contributed by atoms with E-state index >= 15 is 0 Å². The molecule has 5 aromatic carbocycles. The third-order valence-electron chi connectivity index (χ3n) is 9.57. The van der Waals surface area contributed by atoms with E-state index < -0.39 is 11.9 Å². The molecule has 0 saturated carbocycles. The first-order valence-electron chi connectivity index (χ1n) is 15.8. The highest BCUT2D eigenvalue weighted by Crippen LogP contribution is 2.46. The number of cyclic esters (lactones) is 2. The monoisotopic (exact) mass is 573 g/mol. The highest BCUT2D eigenvalue weighted by molar-refractivity contribution is 6.40. The SMILES string of the molecule is CCCCCCC(CCCCCC)N1C(=O)c2ccc3c4ccc5c6c(ccc(c7ccc(c2c37)C1=O)c64)C(=O)OC5=O. The van der Waals surface area contributed by atoms with Gasteiger partial charge in [-0.25, -0.2) is 9.59 Å². The van der Waals surface area contributed by atoms with E-state index in [0.717, 1.165) is 96.5 Å². The van der Waals surface area contributed by atoms with Gasteiger partial charge in [-0.3, -0.25) is 14.5 Å². The Bertz CT molecular complexity index is 1840. The molecule has 0 bridgehead atoms.